The van der Waals surface area contributed by atoms with Gasteiger partial charge in [0.2, 0.25) is 0 Å². The minimum absolute atomic E-state index is 0.391. The standard InChI is InChI=1S/C12H13BrN2S/c1-12(14,8-11-15-6-7-16-11)9-4-2-3-5-10(9)13/h2-7H,8,14H2,1H3. The maximum absolute atomic E-state index is 6.37. The summed E-state index contributed by atoms with van der Waals surface area (Å²) >= 11 is 5.18. The summed E-state index contributed by atoms with van der Waals surface area (Å²) in [5.41, 5.74) is 7.09. The molecule has 0 saturated heterocycles. The zero-order valence-electron chi connectivity index (χ0n) is 8.98. The van der Waals surface area contributed by atoms with Crippen molar-refractivity contribution in [1.29, 1.82) is 0 Å². The third-order valence-electron chi connectivity index (χ3n) is 2.49. The summed E-state index contributed by atoms with van der Waals surface area (Å²) in [4.78, 5) is 4.28. The molecule has 0 aliphatic rings. The first-order valence-electron chi connectivity index (χ1n) is 5.02. The summed E-state index contributed by atoms with van der Waals surface area (Å²) in [5.74, 6) is 0. The van der Waals surface area contributed by atoms with Crippen LogP contribution in [0.25, 0.3) is 0 Å². The number of nitrogens with zero attached hydrogens (tertiary/aromatic N) is 1. The molecule has 16 heavy (non-hydrogen) atoms. The number of rotatable bonds is 3. The lowest BCUT2D eigenvalue weighted by Gasteiger charge is -2.25. The highest BCUT2D eigenvalue weighted by Crippen LogP contribution is 2.29. The normalized spacial score (nSPS) is 14.7. The van der Waals surface area contributed by atoms with Crippen LogP contribution >= 0.6 is 27.3 Å². The lowest BCUT2D eigenvalue weighted by atomic mass is 9.90. The fourth-order valence-electron chi connectivity index (χ4n) is 1.67. The smallest absolute Gasteiger partial charge is 0.0946 e. The van der Waals surface area contributed by atoms with E-state index in [1.807, 2.05) is 36.7 Å². The van der Waals surface area contributed by atoms with Gasteiger partial charge < -0.3 is 5.73 Å². The molecule has 0 radical (unpaired) electrons. The van der Waals surface area contributed by atoms with Crippen LogP contribution in [0, 0.1) is 0 Å². The molecule has 1 unspecified atom stereocenters. The van der Waals surface area contributed by atoms with E-state index in [1.54, 1.807) is 11.3 Å². The summed E-state index contributed by atoms with van der Waals surface area (Å²) in [5, 5.41) is 3.05. The van der Waals surface area contributed by atoms with Gasteiger partial charge >= 0.3 is 0 Å². The number of hydrogen-bond acceptors (Lipinski definition) is 3. The van der Waals surface area contributed by atoms with Crippen LogP contribution in [0.3, 0.4) is 0 Å². The van der Waals surface area contributed by atoms with Gasteiger partial charge in [-0.25, -0.2) is 4.98 Å². The van der Waals surface area contributed by atoms with Crippen LogP contribution in [0.15, 0.2) is 40.3 Å². The predicted molar refractivity (Wildman–Crippen MR) is 71.5 cm³/mol. The third-order valence-corrected chi connectivity index (χ3v) is 3.96. The first kappa shape index (κ1) is 11.8. The van der Waals surface area contributed by atoms with Gasteiger partial charge in [-0.3, -0.25) is 0 Å². The van der Waals surface area contributed by atoms with Crippen LogP contribution < -0.4 is 5.73 Å². The van der Waals surface area contributed by atoms with Crippen LogP contribution in [0.5, 0.6) is 0 Å². The average molecular weight is 297 g/mol. The second kappa shape index (κ2) is 4.65. The van der Waals surface area contributed by atoms with Crippen molar-refractivity contribution in [1.82, 2.24) is 4.98 Å². The Morgan fingerprint density at radius 1 is 1.44 bits per heavy atom. The van der Waals surface area contributed by atoms with Crippen LogP contribution in [0.1, 0.15) is 17.5 Å². The third kappa shape index (κ3) is 2.51. The van der Waals surface area contributed by atoms with E-state index in [4.69, 9.17) is 5.73 Å². The number of aromatic nitrogens is 1. The van der Waals surface area contributed by atoms with Gasteiger partial charge in [0.1, 0.15) is 0 Å². The van der Waals surface area contributed by atoms with E-state index >= 15 is 0 Å². The Bertz CT molecular complexity index is 466. The fourth-order valence-corrected chi connectivity index (χ4v) is 3.20. The molecule has 0 aliphatic carbocycles. The van der Waals surface area contributed by atoms with Crippen molar-refractivity contribution in [3.8, 4) is 0 Å². The molecule has 0 amide bonds. The maximum atomic E-state index is 6.37. The highest BCUT2D eigenvalue weighted by molar-refractivity contribution is 9.10. The van der Waals surface area contributed by atoms with Crippen molar-refractivity contribution in [3.05, 3.63) is 50.9 Å². The molecule has 1 aromatic heterocycles. The number of thiazole rings is 1. The van der Waals surface area contributed by atoms with Crippen LogP contribution in [-0.2, 0) is 12.0 Å². The SMILES string of the molecule is CC(N)(Cc1nccs1)c1ccccc1Br. The van der Waals surface area contributed by atoms with Gasteiger partial charge in [-0.15, -0.1) is 11.3 Å². The Hall–Kier alpha value is -0.710. The van der Waals surface area contributed by atoms with Crippen LogP contribution in [0.4, 0.5) is 0 Å². The molecule has 4 heteroatoms. The molecule has 2 nitrogen and oxygen atoms in total. The van der Waals surface area contributed by atoms with Gasteiger partial charge in [0.25, 0.3) is 0 Å². The second-order valence-electron chi connectivity index (χ2n) is 4.00. The monoisotopic (exact) mass is 296 g/mol. The van der Waals surface area contributed by atoms with E-state index < -0.39 is 5.54 Å². The molecule has 1 atom stereocenters. The van der Waals surface area contributed by atoms with E-state index in [2.05, 4.69) is 27.0 Å². The van der Waals surface area contributed by atoms with Gasteiger partial charge in [-0.1, -0.05) is 34.1 Å². The van der Waals surface area contributed by atoms with Gasteiger partial charge in [0.15, 0.2) is 0 Å². The fraction of sp³-hybridized carbons (Fsp3) is 0.250. The molecule has 2 aromatic rings. The van der Waals surface area contributed by atoms with E-state index in [0.29, 0.717) is 0 Å². The lowest BCUT2D eigenvalue weighted by Crippen LogP contribution is -2.35. The van der Waals surface area contributed by atoms with Crippen LogP contribution in [-0.4, -0.2) is 4.98 Å². The van der Waals surface area contributed by atoms with E-state index in [-0.39, 0.29) is 0 Å². The molecule has 1 heterocycles. The van der Waals surface area contributed by atoms with Crippen molar-refractivity contribution >= 4 is 27.3 Å². The topological polar surface area (TPSA) is 38.9 Å². The van der Waals surface area contributed by atoms with Crippen molar-refractivity contribution in [2.45, 2.75) is 18.9 Å². The van der Waals surface area contributed by atoms with E-state index in [0.717, 1.165) is 21.5 Å². The number of halogens is 1. The molecule has 1 aromatic carbocycles. The first-order chi connectivity index (χ1) is 7.59. The Kier molecular flexibility index (Phi) is 3.42. The maximum Gasteiger partial charge on any atom is 0.0946 e. The molecule has 0 bridgehead atoms. The van der Waals surface area contributed by atoms with Crippen molar-refractivity contribution < 1.29 is 0 Å². The zero-order chi connectivity index (χ0) is 11.6. The summed E-state index contributed by atoms with van der Waals surface area (Å²) in [6.45, 7) is 2.04. The molecule has 0 aliphatic heterocycles. The predicted octanol–water partition coefficient (Wildman–Crippen LogP) is 3.32. The molecule has 0 spiro atoms. The minimum Gasteiger partial charge on any atom is -0.321 e. The number of hydrogen-bond donors (Lipinski definition) is 1. The van der Waals surface area contributed by atoms with E-state index in [9.17, 15) is 0 Å². The highest BCUT2D eigenvalue weighted by atomic mass is 79.9. The Labute approximate surface area is 108 Å². The van der Waals surface area contributed by atoms with Crippen LogP contribution in [0.2, 0.25) is 0 Å². The molecular formula is C12H13BrN2S. The number of benzene rings is 1. The molecule has 84 valence electrons. The average Bonchev–Trinajstić information content (AvgIpc) is 2.70. The quantitative estimate of drug-likeness (QED) is 0.944. The number of nitrogens with two attached hydrogens (primary N) is 1. The van der Waals surface area contributed by atoms with Gasteiger partial charge in [0, 0.05) is 28.0 Å². The van der Waals surface area contributed by atoms with Gasteiger partial charge in [-0.05, 0) is 18.6 Å². The summed E-state index contributed by atoms with van der Waals surface area (Å²) in [7, 11) is 0. The van der Waals surface area contributed by atoms with Crippen molar-refractivity contribution in [2.75, 3.05) is 0 Å². The molecular weight excluding hydrogens is 284 g/mol. The Morgan fingerprint density at radius 3 is 2.81 bits per heavy atom. The Morgan fingerprint density at radius 2 is 2.19 bits per heavy atom. The first-order valence-corrected chi connectivity index (χ1v) is 6.69. The van der Waals surface area contributed by atoms with E-state index in [1.165, 1.54) is 0 Å². The largest absolute Gasteiger partial charge is 0.321 e. The molecule has 2 N–H and O–H groups in total. The lowest BCUT2D eigenvalue weighted by molar-refractivity contribution is 0.488. The summed E-state index contributed by atoms with van der Waals surface area (Å²) in [6.07, 6.45) is 2.57. The second-order valence-corrected chi connectivity index (χ2v) is 5.83. The molecule has 2 rings (SSSR count). The van der Waals surface area contributed by atoms with Crippen molar-refractivity contribution in [2.24, 2.45) is 5.73 Å². The Balaban J connectivity index is 2.28. The van der Waals surface area contributed by atoms with Gasteiger partial charge in [0.05, 0.1) is 5.01 Å². The molecule has 0 saturated carbocycles. The summed E-state index contributed by atoms with van der Waals surface area (Å²) in [6, 6.07) is 8.07. The highest BCUT2D eigenvalue weighted by Gasteiger charge is 2.24. The molecule has 0 fully saturated rings. The zero-order valence-corrected chi connectivity index (χ0v) is 11.4. The van der Waals surface area contributed by atoms with Gasteiger partial charge in [-0.2, -0.15) is 0 Å². The summed E-state index contributed by atoms with van der Waals surface area (Å²) < 4.78 is 1.05. The minimum atomic E-state index is -0.391. The van der Waals surface area contributed by atoms with Crippen molar-refractivity contribution in [3.63, 3.8) is 0 Å².